The Morgan fingerprint density at radius 1 is 1.05 bits per heavy atom. The number of carbonyl (C=O) groups excluding carboxylic acids is 1. The molecule has 4 fully saturated rings. The van der Waals surface area contributed by atoms with Crippen LogP contribution in [-0.2, 0) is 11.2 Å². The van der Waals surface area contributed by atoms with Crippen LogP contribution in [0.3, 0.4) is 0 Å². The van der Waals surface area contributed by atoms with Gasteiger partial charge in [0.25, 0.3) is 0 Å². The first-order valence-corrected chi connectivity index (χ1v) is 15.0. The summed E-state index contributed by atoms with van der Waals surface area (Å²) in [5.41, 5.74) is 0.478. The molecule has 0 aliphatic heterocycles. The van der Waals surface area contributed by atoms with Crippen LogP contribution < -0.4 is 0 Å². The molecule has 5 unspecified atom stereocenters. The Kier molecular flexibility index (Phi) is 7.51. The average molecular weight is 517 g/mol. The van der Waals surface area contributed by atoms with Crippen LogP contribution in [0.4, 0.5) is 0 Å². The lowest BCUT2D eigenvalue weighted by atomic mass is 9.41. The summed E-state index contributed by atoms with van der Waals surface area (Å²) in [6, 6.07) is 0. The van der Waals surface area contributed by atoms with E-state index in [2.05, 4.69) is 37.9 Å². The fourth-order valence-electron chi connectivity index (χ4n) is 10.1. The maximum Gasteiger partial charge on any atom is 0.396 e. The molecular weight excluding hydrogens is 468 g/mol. The zero-order valence-electron chi connectivity index (χ0n) is 23.5. The number of aliphatic hydroxyl groups is 2. The molecule has 4 aliphatic rings. The minimum absolute atomic E-state index is 0.0606. The molecule has 7 nitrogen and oxygen atoms in total. The maximum atomic E-state index is 11.9. The van der Waals surface area contributed by atoms with Crippen molar-refractivity contribution >= 4 is 5.97 Å². The van der Waals surface area contributed by atoms with Gasteiger partial charge >= 0.3 is 11.9 Å². The minimum atomic E-state index is -0.558. The smallest absolute Gasteiger partial charge is 0.396 e. The van der Waals surface area contributed by atoms with Crippen molar-refractivity contribution in [2.24, 2.45) is 52.3 Å². The first kappa shape index (κ1) is 27.1. The highest BCUT2D eigenvalue weighted by Gasteiger charge is 2.64. The van der Waals surface area contributed by atoms with Gasteiger partial charge in [-0.15, -0.1) is 10.2 Å². The highest BCUT2D eigenvalue weighted by atomic mass is 16.5. The Morgan fingerprint density at radius 3 is 2.51 bits per heavy atom. The van der Waals surface area contributed by atoms with Crippen LogP contribution >= 0.6 is 0 Å². The van der Waals surface area contributed by atoms with E-state index in [-0.39, 0.29) is 35.5 Å². The molecule has 7 heteroatoms. The van der Waals surface area contributed by atoms with Crippen LogP contribution in [0.15, 0.2) is 4.42 Å². The number of hydrogen-bond donors (Lipinski definition) is 2. The Hall–Kier alpha value is -1.47. The van der Waals surface area contributed by atoms with Crippen molar-refractivity contribution in [3.63, 3.8) is 0 Å². The van der Waals surface area contributed by atoms with E-state index in [1.165, 1.54) is 25.7 Å². The molecule has 0 bridgehead atoms. The van der Waals surface area contributed by atoms with E-state index < -0.39 is 5.97 Å². The summed E-state index contributed by atoms with van der Waals surface area (Å²) in [6.45, 7) is 11.7. The van der Waals surface area contributed by atoms with Crippen LogP contribution in [0.2, 0.25) is 0 Å². The van der Waals surface area contributed by atoms with Crippen molar-refractivity contribution in [2.75, 3.05) is 6.61 Å². The van der Waals surface area contributed by atoms with Crippen molar-refractivity contribution in [2.45, 2.75) is 111 Å². The molecular formula is C30H48N2O5. The lowest BCUT2D eigenvalue weighted by molar-refractivity contribution is -0.203. The van der Waals surface area contributed by atoms with Gasteiger partial charge in [-0.05, 0) is 111 Å². The Balaban J connectivity index is 1.30. The predicted molar refractivity (Wildman–Crippen MR) is 140 cm³/mol. The molecule has 4 aliphatic carbocycles. The van der Waals surface area contributed by atoms with Gasteiger partial charge in [0.15, 0.2) is 0 Å². The molecule has 1 aromatic heterocycles. The van der Waals surface area contributed by atoms with Crippen LogP contribution in [0.25, 0.3) is 0 Å². The van der Waals surface area contributed by atoms with Gasteiger partial charge in [-0.2, -0.15) is 0 Å². The van der Waals surface area contributed by atoms with Crippen molar-refractivity contribution in [1.29, 1.82) is 0 Å². The molecule has 208 valence electrons. The van der Waals surface area contributed by atoms with Crippen LogP contribution in [-0.4, -0.2) is 45.2 Å². The fourth-order valence-corrected chi connectivity index (χ4v) is 10.1. The van der Waals surface area contributed by atoms with Crippen molar-refractivity contribution in [1.82, 2.24) is 10.2 Å². The number of carbonyl (C=O) groups is 1. The Labute approximate surface area is 222 Å². The third-order valence-electron chi connectivity index (χ3n) is 11.9. The number of ether oxygens (including phenoxy) is 1. The van der Waals surface area contributed by atoms with Crippen LogP contribution in [0.1, 0.15) is 109 Å². The Morgan fingerprint density at radius 2 is 1.78 bits per heavy atom. The molecule has 4 saturated carbocycles. The molecule has 0 saturated heterocycles. The van der Waals surface area contributed by atoms with Crippen LogP contribution in [0, 0.1) is 52.3 Å². The van der Waals surface area contributed by atoms with Crippen molar-refractivity contribution in [3.05, 3.63) is 11.8 Å². The van der Waals surface area contributed by atoms with Gasteiger partial charge in [0.2, 0.25) is 5.89 Å². The van der Waals surface area contributed by atoms with E-state index in [4.69, 9.17) is 9.15 Å². The van der Waals surface area contributed by atoms with Gasteiger partial charge in [-0.3, -0.25) is 0 Å². The van der Waals surface area contributed by atoms with E-state index in [9.17, 15) is 15.0 Å². The fraction of sp³-hybridized carbons (Fsp3) is 0.900. The molecule has 0 amide bonds. The predicted octanol–water partition coefficient (Wildman–Crippen LogP) is 5.44. The van der Waals surface area contributed by atoms with E-state index in [1.807, 2.05) is 0 Å². The number of hydrogen-bond acceptors (Lipinski definition) is 7. The van der Waals surface area contributed by atoms with E-state index in [1.54, 1.807) is 6.92 Å². The van der Waals surface area contributed by atoms with Crippen molar-refractivity contribution in [3.8, 4) is 0 Å². The second-order valence-corrected chi connectivity index (χ2v) is 13.4. The number of nitrogens with zero attached hydrogens (tertiary/aromatic N) is 2. The molecule has 0 spiro atoms. The minimum Gasteiger partial charge on any atom is -0.459 e. The standard InChI is InChI=1S/C30H48N2O5/c1-6-19-23-16-18(33)12-14-30(23,5)22-13-15-29(4)20(9-10-21(29)25(22)26(19)34)17(3)8-11-24-31-32-27(37-24)28(35)36-7-2/h17-23,25-26,33-34H,6-16H2,1-5H3/t17-,18-,19-,20?,21?,22?,23+,25?,26?,29-,30-/m1/s1. The third kappa shape index (κ3) is 4.46. The zero-order chi connectivity index (χ0) is 26.5. The topological polar surface area (TPSA) is 106 Å². The second-order valence-electron chi connectivity index (χ2n) is 13.4. The zero-order valence-corrected chi connectivity index (χ0v) is 23.5. The summed E-state index contributed by atoms with van der Waals surface area (Å²) in [5.74, 6) is 3.23. The summed E-state index contributed by atoms with van der Waals surface area (Å²) in [7, 11) is 0. The molecule has 5 rings (SSSR count). The van der Waals surface area contributed by atoms with E-state index >= 15 is 0 Å². The SMILES string of the molecule is CCOC(=O)c1nnc(CC[C@@H](C)C2CCC3C4C(O)[C@H](CC)[C@@H]5C[C@H](O)CC[C@]5(C)C4CC[C@@]32C)o1. The highest BCUT2D eigenvalue weighted by Crippen LogP contribution is 2.69. The monoisotopic (exact) mass is 516 g/mol. The number of aryl methyl sites for hydroxylation is 1. The summed E-state index contributed by atoms with van der Waals surface area (Å²) in [6.07, 6.45) is 9.89. The van der Waals surface area contributed by atoms with E-state index in [0.717, 1.165) is 32.1 Å². The van der Waals surface area contributed by atoms with Crippen LogP contribution in [0.5, 0.6) is 0 Å². The van der Waals surface area contributed by atoms with Gasteiger partial charge in [-0.25, -0.2) is 4.79 Å². The lowest BCUT2D eigenvalue weighted by Gasteiger charge is -2.64. The maximum absolute atomic E-state index is 11.9. The number of aromatic nitrogens is 2. The molecule has 2 N–H and O–H groups in total. The van der Waals surface area contributed by atoms with Crippen molar-refractivity contribution < 1.29 is 24.2 Å². The molecule has 1 aromatic rings. The molecule has 1 heterocycles. The molecule has 0 radical (unpaired) electrons. The summed E-state index contributed by atoms with van der Waals surface area (Å²) in [4.78, 5) is 11.9. The first-order chi connectivity index (χ1) is 17.6. The third-order valence-corrected chi connectivity index (χ3v) is 11.9. The number of esters is 1. The van der Waals surface area contributed by atoms with Gasteiger partial charge in [0.1, 0.15) is 0 Å². The quantitative estimate of drug-likeness (QED) is 0.465. The molecule has 0 aromatic carbocycles. The lowest BCUT2D eigenvalue weighted by Crippen LogP contribution is -2.62. The second kappa shape index (κ2) is 10.3. The first-order valence-electron chi connectivity index (χ1n) is 15.0. The molecule has 37 heavy (non-hydrogen) atoms. The highest BCUT2D eigenvalue weighted by molar-refractivity contribution is 5.83. The summed E-state index contributed by atoms with van der Waals surface area (Å²) in [5, 5.41) is 30.3. The summed E-state index contributed by atoms with van der Waals surface area (Å²) >= 11 is 0. The number of rotatable bonds is 7. The van der Waals surface area contributed by atoms with Gasteiger partial charge in [0.05, 0.1) is 18.8 Å². The van der Waals surface area contributed by atoms with Gasteiger partial charge < -0.3 is 19.4 Å². The summed E-state index contributed by atoms with van der Waals surface area (Å²) < 4.78 is 10.5. The molecule has 11 atom stereocenters. The largest absolute Gasteiger partial charge is 0.459 e. The van der Waals surface area contributed by atoms with E-state index in [0.29, 0.717) is 53.7 Å². The normalized spacial score (nSPS) is 44.0. The number of fused-ring (bicyclic) bond motifs is 5. The van der Waals surface area contributed by atoms with Gasteiger partial charge in [-0.1, -0.05) is 34.1 Å². The average Bonchev–Trinajstić information content (AvgIpc) is 3.48. The van der Waals surface area contributed by atoms with Gasteiger partial charge in [0, 0.05) is 6.42 Å². The Bertz CT molecular complexity index is 966. The number of aliphatic hydroxyl groups excluding tert-OH is 2.